The van der Waals surface area contributed by atoms with Gasteiger partial charge in [0.2, 0.25) is 0 Å². The van der Waals surface area contributed by atoms with E-state index >= 15 is 0 Å². The minimum Gasteiger partial charge on any atom is -0.389 e. The van der Waals surface area contributed by atoms with Gasteiger partial charge in [0.15, 0.2) is 5.56 Å². The average Bonchev–Trinajstić information content (AvgIpc) is 1.82. The second-order valence-corrected chi connectivity index (χ2v) is 3.99. The lowest BCUT2D eigenvalue weighted by Crippen LogP contribution is -2.31. The molecule has 0 saturated carbocycles. The van der Waals surface area contributed by atoms with Crippen molar-refractivity contribution >= 4 is 11.6 Å². The fraction of sp³-hybridized carbons (Fsp3) is 1.00. The van der Waals surface area contributed by atoms with E-state index in [9.17, 15) is 5.11 Å². The average molecular weight is 181 g/mol. The highest BCUT2D eigenvalue weighted by molar-refractivity contribution is 6.20. The third-order valence-electron chi connectivity index (χ3n) is 1.19. The Balaban J connectivity index is 3.77. The maximum atomic E-state index is 9.23. The van der Waals surface area contributed by atoms with Crippen molar-refractivity contribution in [2.24, 2.45) is 0 Å². The highest BCUT2D eigenvalue weighted by Gasteiger charge is 2.21. The van der Waals surface area contributed by atoms with E-state index in [4.69, 9.17) is 16.3 Å². The van der Waals surface area contributed by atoms with Crippen LogP contribution in [-0.4, -0.2) is 22.4 Å². The first-order valence-electron chi connectivity index (χ1n) is 3.86. The molecule has 0 amide bonds. The summed E-state index contributed by atoms with van der Waals surface area (Å²) in [6.45, 7) is 7.59. The second kappa shape index (κ2) is 4.29. The Labute approximate surface area is 73.5 Å². The van der Waals surface area contributed by atoms with Crippen LogP contribution >= 0.6 is 11.6 Å². The number of alkyl halides is 1. The molecule has 0 aliphatic carbocycles. The van der Waals surface area contributed by atoms with E-state index < -0.39 is 11.7 Å². The van der Waals surface area contributed by atoms with Crippen LogP contribution in [0.1, 0.15) is 34.1 Å². The van der Waals surface area contributed by atoms with Gasteiger partial charge in [0, 0.05) is 0 Å². The number of hydrogen-bond acceptors (Lipinski definition) is 2. The molecule has 2 nitrogen and oxygen atoms in total. The monoisotopic (exact) mass is 180 g/mol. The molecule has 2 unspecified atom stereocenters. The van der Waals surface area contributed by atoms with E-state index in [0.717, 1.165) is 0 Å². The summed E-state index contributed by atoms with van der Waals surface area (Å²) in [4.78, 5) is 0. The predicted molar refractivity (Wildman–Crippen MR) is 46.8 cm³/mol. The lowest BCUT2D eigenvalue weighted by molar-refractivity contribution is -0.0722. The Kier molecular flexibility index (Phi) is 4.37. The first-order chi connectivity index (χ1) is 4.87. The Morgan fingerprint density at radius 3 is 2.18 bits per heavy atom. The molecule has 0 saturated heterocycles. The van der Waals surface area contributed by atoms with Gasteiger partial charge in [0.25, 0.3) is 0 Å². The van der Waals surface area contributed by atoms with Crippen LogP contribution in [0.15, 0.2) is 0 Å². The van der Waals surface area contributed by atoms with Crippen LogP contribution in [0.4, 0.5) is 0 Å². The summed E-state index contributed by atoms with van der Waals surface area (Å²) >= 11 is 5.74. The van der Waals surface area contributed by atoms with Crippen LogP contribution in [0.25, 0.3) is 0 Å². The van der Waals surface area contributed by atoms with Crippen molar-refractivity contribution in [2.45, 2.75) is 51.4 Å². The van der Waals surface area contributed by atoms with E-state index in [0.29, 0.717) is 6.42 Å². The van der Waals surface area contributed by atoms with Crippen molar-refractivity contribution in [3.8, 4) is 0 Å². The number of halogens is 1. The summed E-state index contributed by atoms with van der Waals surface area (Å²) < 4.78 is 5.31. The Morgan fingerprint density at radius 2 is 1.91 bits per heavy atom. The fourth-order valence-corrected chi connectivity index (χ4v) is 1.05. The fourth-order valence-electron chi connectivity index (χ4n) is 0.602. The molecule has 0 radical (unpaired) electrons. The van der Waals surface area contributed by atoms with Gasteiger partial charge in [0.1, 0.15) is 0 Å². The van der Waals surface area contributed by atoms with Crippen molar-refractivity contribution < 1.29 is 9.84 Å². The predicted octanol–water partition coefficient (Wildman–Crippen LogP) is 2.14. The number of hydrogen-bond donors (Lipinski definition) is 1. The Bertz CT molecular complexity index is 109. The molecule has 0 aromatic carbocycles. The van der Waals surface area contributed by atoms with E-state index in [1.807, 2.05) is 27.7 Å². The minimum absolute atomic E-state index is 0.289. The van der Waals surface area contributed by atoms with Gasteiger partial charge in [-0.1, -0.05) is 18.5 Å². The van der Waals surface area contributed by atoms with Crippen molar-refractivity contribution in [3.63, 3.8) is 0 Å². The molecule has 11 heavy (non-hydrogen) atoms. The third-order valence-corrected chi connectivity index (χ3v) is 1.57. The molecule has 0 spiro atoms. The summed E-state index contributed by atoms with van der Waals surface area (Å²) in [5.74, 6) is 0. The molecular formula is C8H17ClO2. The molecule has 0 fully saturated rings. The van der Waals surface area contributed by atoms with Gasteiger partial charge < -0.3 is 9.84 Å². The third kappa shape index (κ3) is 5.48. The number of aliphatic hydroxyl groups is 1. The largest absolute Gasteiger partial charge is 0.389 e. The maximum absolute atomic E-state index is 9.23. The zero-order valence-electron chi connectivity index (χ0n) is 7.60. The van der Waals surface area contributed by atoms with Gasteiger partial charge in [-0.15, -0.1) is 0 Å². The van der Waals surface area contributed by atoms with Gasteiger partial charge >= 0.3 is 0 Å². The summed E-state index contributed by atoms with van der Waals surface area (Å²) in [5.41, 5.74) is -0.886. The van der Waals surface area contributed by atoms with Crippen LogP contribution in [0.2, 0.25) is 0 Å². The Morgan fingerprint density at radius 1 is 1.45 bits per heavy atom. The summed E-state index contributed by atoms with van der Waals surface area (Å²) in [6.07, 6.45) is 0.0421. The molecule has 0 heterocycles. The SMILES string of the molecule is CCC(O)C(Cl)OC(C)(C)C. The van der Waals surface area contributed by atoms with Crippen LogP contribution in [0.5, 0.6) is 0 Å². The molecule has 0 aliphatic heterocycles. The molecule has 0 rings (SSSR count). The van der Waals surface area contributed by atoms with Gasteiger partial charge in [0.05, 0.1) is 11.7 Å². The number of aliphatic hydroxyl groups excluding tert-OH is 1. The van der Waals surface area contributed by atoms with E-state index in [-0.39, 0.29) is 5.60 Å². The highest BCUT2D eigenvalue weighted by Crippen LogP contribution is 2.17. The van der Waals surface area contributed by atoms with Crippen molar-refractivity contribution in [2.75, 3.05) is 0 Å². The first kappa shape index (κ1) is 11.2. The van der Waals surface area contributed by atoms with Crippen molar-refractivity contribution in [3.05, 3.63) is 0 Å². The van der Waals surface area contributed by atoms with E-state index in [1.165, 1.54) is 0 Å². The molecule has 68 valence electrons. The van der Waals surface area contributed by atoms with E-state index in [2.05, 4.69) is 0 Å². The van der Waals surface area contributed by atoms with Crippen molar-refractivity contribution in [1.29, 1.82) is 0 Å². The quantitative estimate of drug-likeness (QED) is 0.675. The zero-order valence-corrected chi connectivity index (χ0v) is 8.35. The molecule has 0 aliphatic rings. The van der Waals surface area contributed by atoms with Crippen LogP contribution in [0.3, 0.4) is 0 Å². The molecule has 2 atom stereocenters. The van der Waals surface area contributed by atoms with Gasteiger partial charge in [-0.2, -0.15) is 0 Å². The smallest absolute Gasteiger partial charge is 0.157 e. The lowest BCUT2D eigenvalue weighted by atomic mass is 10.2. The van der Waals surface area contributed by atoms with Crippen LogP contribution in [0, 0.1) is 0 Å². The summed E-state index contributed by atoms with van der Waals surface area (Å²) in [6, 6.07) is 0. The normalized spacial score (nSPS) is 18.0. The van der Waals surface area contributed by atoms with E-state index in [1.54, 1.807) is 0 Å². The van der Waals surface area contributed by atoms with Gasteiger partial charge in [-0.05, 0) is 27.2 Å². The number of ether oxygens (including phenoxy) is 1. The minimum atomic E-state index is -0.597. The standard InChI is InChI=1S/C8H17ClO2/c1-5-6(10)7(9)11-8(2,3)4/h6-7,10H,5H2,1-4H3. The summed E-state index contributed by atoms with van der Waals surface area (Å²) in [5, 5.41) is 9.23. The molecule has 0 aromatic rings. The maximum Gasteiger partial charge on any atom is 0.157 e. The van der Waals surface area contributed by atoms with Crippen molar-refractivity contribution in [1.82, 2.24) is 0 Å². The molecule has 3 heteroatoms. The second-order valence-electron chi connectivity index (χ2n) is 3.56. The van der Waals surface area contributed by atoms with Gasteiger partial charge in [-0.25, -0.2) is 0 Å². The topological polar surface area (TPSA) is 29.5 Å². The first-order valence-corrected chi connectivity index (χ1v) is 4.30. The molecule has 0 aromatic heterocycles. The highest BCUT2D eigenvalue weighted by atomic mass is 35.5. The van der Waals surface area contributed by atoms with Crippen LogP contribution in [-0.2, 0) is 4.74 Å². The zero-order chi connectivity index (χ0) is 9.07. The summed E-state index contributed by atoms with van der Waals surface area (Å²) in [7, 11) is 0. The Hall–Kier alpha value is 0.210. The molecular weight excluding hydrogens is 164 g/mol. The number of rotatable bonds is 3. The lowest BCUT2D eigenvalue weighted by Gasteiger charge is -2.25. The molecule has 0 bridgehead atoms. The van der Waals surface area contributed by atoms with Crippen LogP contribution < -0.4 is 0 Å². The van der Waals surface area contributed by atoms with Gasteiger partial charge in [-0.3, -0.25) is 0 Å². The molecule has 1 N–H and O–H groups in total.